The minimum atomic E-state index is -0.553. The summed E-state index contributed by atoms with van der Waals surface area (Å²) in [5.74, 6) is 2.28. The molecule has 0 spiro atoms. The van der Waals surface area contributed by atoms with E-state index in [1.807, 2.05) is 40.7 Å². The smallest absolute Gasteiger partial charge is 0.309 e. The number of ether oxygens (including phenoxy) is 2. The van der Waals surface area contributed by atoms with Gasteiger partial charge in [0.15, 0.2) is 17.3 Å². The molecule has 8 heteroatoms. The quantitative estimate of drug-likeness (QED) is 0.547. The van der Waals surface area contributed by atoms with Crippen molar-refractivity contribution in [1.29, 1.82) is 0 Å². The van der Waals surface area contributed by atoms with Gasteiger partial charge >= 0.3 is 5.97 Å². The zero-order valence-electron chi connectivity index (χ0n) is 19.1. The second-order valence-corrected chi connectivity index (χ2v) is 9.72. The van der Waals surface area contributed by atoms with E-state index >= 15 is 0 Å². The van der Waals surface area contributed by atoms with Crippen molar-refractivity contribution in [2.24, 2.45) is 5.92 Å². The van der Waals surface area contributed by atoms with Gasteiger partial charge in [-0.05, 0) is 53.4 Å². The fourth-order valence-electron chi connectivity index (χ4n) is 3.37. The third kappa shape index (κ3) is 5.90. The van der Waals surface area contributed by atoms with Crippen molar-refractivity contribution in [3.8, 4) is 11.5 Å². The molecule has 1 unspecified atom stereocenters. The lowest BCUT2D eigenvalue weighted by molar-refractivity contribution is -0.159. The van der Waals surface area contributed by atoms with Crippen molar-refractivity contribution in [2.45, 2.75) is 98.0 Å². The lowest BCUT2D eigenvalue weighted by Gasteiger charge is -2.24. The van der Waals surface area contributed by atoms with Gasteiger partial charge < -0.3 is 18.6 Å². The Kier molecular flexibility index (Phi) is 6.65. The molecule has 2 aromatic heterocycles. The molecule has 0 N–H and O–H groups in total. The van der Waals surface area contributed by atoms with Crippen LogP contribution in [-0.2, 0) is 20.7 Å². The largest absolute Gasteiger partial charge is 0.460 e. The van der Waals surface area contributed by atoms with E-state index in [-0.39, 0.29) is 24.5 Å². The monoisotopic (exact) mass is 418 g/mol. The summed E-state index contributed by atoms with van der Waals surface area (Å²) in [6.45, 7) is 13.7. The fourth-order valence-corrected chi connectivity index (χ4v) is 3.37. The highest BCUT2D eigenvalue weighted by atomic mass is 16.6. The van der Waals surface area contributed by atoms with Gasteiger partial charge in [-0.15, -0.1) is 10.2 Å². The van der Waals surface area contributed by atoms with E-state index < -0.39 is 11.7 Å². The Bertz CT molecular complexity index is 859. The number of hydrogen-bond acceptors (Lipinski definition) is 7. The maximum absolute atomic E-state index is 12.5. The summed E-state index contributed by atoms with van der Waals surface area (Å²) in [6, 6.07) is 2.21. The van der Waals surface area contributed by atoms with Crippen LogP contribution in [0.2, 0.25) is 0 Å². The minimum Gasteiger partial charge on any atom is -0.460 e. The second-order valence-electron chi connectivity index (χ2n) is 9.72. The molecule has 1 aliphatic carbocycles. The van der Waals surface area contributed by atoms with Crippen LogP contribution in [0.1, 0.15) is 91.5 Å². The lowest BCUT2D eigenvalue weighted by Crippen LogP contribution is -2.27. The number of rotatable bonds is 9. The van der Waals surface area contributed by atoms with Crippen molar-refractivity contribution >= 4 is 5.97 Å². The van der Waals surface area contributed by atoms with Gasteiger partial charge in [0.2, 0.25) is 0 Å². The Hall–Kier alpha value is -2.22. The summed E-state index contributed by atoms with van der Waals surface area (Å²) < 4.78 is 19.2. The molecule has 0 saturated heterocycles. The van der Waals surface area contributed by atoms with Crippen LogP contribution >= 0.6 is 0 Å². The number of hydrogen-bond donors (Lipinski definition) is 0. The van der Waals surface area contributed by atoms with E-state index in [2.05, 4.69) is 33.8 Å². The average Bonchev–Trinajstić information content (AvgIpc) is 3.16. The molecule has 2 heterocycles. The van der Waals surface area contributed by atoms with E-state index in [1.165, 1.54) is 0 Å². The van der Waals surface area contributed by atoms with Gasteiger partial charge in [-0.25, -0.2) is 0 Å². The summed E-state index contributed by atoms with van der Waals surface area (Å²) in [6.07, 6.45) is 2.36. The lowest BCUT2D eigenvalue weighted by atomic mass is 10.1. The Morgan fingerprint density at radius 2 is 1.93 bits per heavy atom. The molecule has 0 bridgehead atoms. The van der Waals surface area contributed by atoms with Gasteiger partial charge in [0.1, 0.15) is 17.5 Å². The molecule has 8 nitrogen and oxygen atoms in total. The van der Waals surface area contributed by atoms with Crippen LogP contribution in [0.5, 0.6) is 0 Å². The Labute approximate surface area is 178 Å². The highest BCUT2D eigenvalue weighted by Crippen LogP contribution is 2.41. The average molecular weight is 419 g/mol. The molecule has 1 aliphatic rings. The number of aromatic nitrogens is 4. The molecular formula is C22H34N4O4. The third-order valence-electron chi connectivity index (χ3n) is 4.53. The maximum atomic E-state index is 12.5. The van der Waals surface area contributed by atoms with Gasteiger partial charge in [0, 0.05) is 18.5 Å². The fraction of sp³-hybridized carbons (Fsp3) is 0.727. The van der Waals surface area contributed by atoms with E-state index in [4.69, 9.17) is 14.0 Å². The van der Waals surface area contributed by atoms with Gasteiger partial charge in [-0.2, -0.15) is 0 Å². The molecule has 166 valence electrons. The molecule has 0 aliphatic heterocycles. The Balaban J connectivity index is 1.90. The number of nitrogens with zero attached hydrogens (tertiary/aromatic N) is 4. The predicted octanol–water partition coefficient (Wildman–Crippen LogP) is 4.66. The number of esters is 1. The van der Waals surface area contributed by atoms with Crippen molar-refractivity contribution in [3.63, 3.8) is 0 Å². The van der Waals surface area contributed by atoms with Crippen LogP contribution < -0.4 is 0 Å². The molecule has 30 heavy (non-hydrogen) atoms. The van der Waals surface area contributed by atoms with Gasteiger partial charge in [0.25, 0.3) is 0 Å². The van der Waals surface area contributed by atoms with Crippen molar-refractivity contribution in [1.82, 2.24) is 19.9 Å². The van der Waals surface area contributed by atoms with Crippen molar-refractivity contribution in [3.05, 3.63) is 17.7 Å². The minimum absolute atomic E-state index is 0.0741. The molecule has 2 aromatic rings. The second kappa shape index (κ2) is 8.88. The first-order chi connectivity index (χ1) is 14.0. The first kappa shape index (κ1) is 22.5. The first-order valence-electron chi connectivity index (χ1n) is 10.8. The van der Waals surface area contributed by atoms with Crippen molar-refractivity contribution < 1.29 is 18.8 Å². The molecule has 0 radical (unpaired) electrons. The van der Waals surface area contributed by atoms with Crippen LogP contribution in [0.4, 0.5) is 0 Å². The van der Waals surface area contributed by atoms with Crippen LogP contribution in [0, 0.1) is 5.92 Å². The summed E-state index contributed by atoms with van der Waals surface area (Å²) in [5, 5.41) is 13.1. The van der Waals surface area contributed by atoms with Gasteiger partial charge in [-0.1, -0.05) is 19.0 Å². The molecule has 3 rings (SSSR count). The highest BCUT2D eigenvalue weighted by Gasteiger charge is 2.35. The maximum Gasteiger partial charge on any atom is 0.309 e. The normalized spacial score (nSPS) is 15.8. The summed E-state index contributed by atoms with van der Waals surface area (Å²) in [7, 11) is 0. The zero-order chi connectivity index (χ0) is 22.1. The third-order valence-corrected chi connectivity index (χ3v) is 4.53. The van der Waals surface area contributed by atoms with Crippen LogP contribution in [-0.4, -0.2) is 37.6 Å². The van der Waals surface area contributed by atoms with Crippen LogP contribution in [0.15, 0.2) is 10.6 Å². The van der Waals surface area contributed by atoms with E-state index in [0.29, 0.717) is 23.3 Å². The zero-order valence-corrected chi connectivity index (χ0v) is 19.1. The van der Waals surface area contributed by atoms with Crippen LogP contribution in [0.3, 0.4) is 0 Å². The molecular weight excluding hydrogens is 384 g/mol. The number of carbonyl (C=O) groups excluding carboxylic acids is 1. The van der Waals surface area contributed by atoms with Crippen molar-refractivity contribution in [2.75, 3.05) is 0 Å². The molecule has 1 fully saturated rings. The standard InChI is InChI=1S/C22H34N4O4/c1-13(2)10-16-11-17(25-30-16)20-23-24-21(26(20)15-8-9-15)18(28-14(3)4)12-19(27)29-22(5,6)7/h11,13-15,18H,8-10,12H2,1-7H3. The summed E-state index contributed by atoms with van der Waals surface area (Å²) in [5.41, 5.74) is 0.111. The predicted molar refractivity (Wildman–Crippen MR) is 112 cm³/mol. The highest BCUT2D eigenvalue weighted by molar-refractivity contribution is 5.70. The molecule has 0 amide bonds. The van der Waals surface area contributed by atoms with Gasteiger partial charge in [-0.3, -0.25) is 4.79 Å². The molecule has 1 atom stereocenters. The Morgan fingerprint density at radius 1 is 1.23 bits per heavy atom. The Morgan fingerprint density at radius 3 is 2.50 bits per heavy atom. The topological polar surface area (TPSA) is 92.3 Å². The first-order valence-corrected chi connectivity index (χ1v) is 10.8. The molecule has 0 aromatic carbocycles. The van der Waals surface area contributed by atoms with E-state index in [0.717, 1.165) is 25.0 Å². The van der Waals surface area contributed by atoms with E-state index in [1.54, 1.807) is 0 Å². The van der Waals surface area contributed by atoms with Gasteiger partial charge in [0.05, 0.1) is 12.5 Å². The summed E-state index contributed by atoms with van der Waals surface area (Å²) >= 11 is 0. The number of carbonyl (C=O) groups is 1. The van der Waals surface area contributed by atoms with E-state index in [9.17, 15) is 4.79 Å². The van der Waals surface area contributed by atoms with Crippen LogP contribution in [0.25, 0.3) is 11.5 Å². The summed E-state index contributed by atoms with van der Waals surface area (Å²) in [4.78, 5) is 12.5. The SMILES string of the molecule is CC(C)Cc1cc(-c2nnc(C(CC(=O)OC(C)(C)C)OC(C)C)n2C2CC2)no1. The molecule has 1 saturated carbocycles.